The van der Waals surface area contributed by atoms with Crippen LogP contribution < -0.4 is 5.32 Å². The van der Waals surface area contributed by atoms with Crippen molar-refractivity contribution in [1.29, 1.82) is 0 Å². The molecule has 0 aliphatic heterocycles. The van der Waals surface area contributed by atoms with Crippen molar-refractivity contribution >= 4 is 15.9 Å². The van der Waals surface area contributed by atoms with E-state index < -0.39 is 0 Å². The Morgan fingerprint density at radius 2 is 2.15 bits per heavy atom. The number of rotatable bonds is 5. The smallest absolute Gasteiger partial charge is 0.137 e. The number of nitrogens with one attached hydrogen (secondary N) is 1. The zero-order valence-electron chi connectivity index (χ0n) is 12.5. The Bertz CT molecular complexity index is 433. The summed E-state index contributed by atoms with van der Waals surface area (Å²) in [6, 6.07) is 5.96. The van der Waals surface area contributed by atoms with E-state index in [1.165, 1.54) is 31.7 Å². The van der Waals surface area contributed by atoms with E-state index in [4.69, 9.17) is 0 Å². The number of benzene rings is 1. The van der Waals surface area contributed by atoms with Crippen LogP contribution in [-0.2, 0) is 6.42 Å². The predicted molar refractivity (Wildman–Crippen MR) is 86.4 cm³/mol. The van der Waals surface area contributed by atoms with Crippen LogP contribution in [0, 0.1) is 17.7 Å². The Hall–Kier alpha value is -0.410. The second-order valence-corrected chi connectivity index (χ2v) is 6.95. The third-order valence-electron chi connectivity index (χ3n) is 4.41. The Morgan fingerprint density at radius 3 is 2.90 bits per heavy atom. The van der Waals surface area contributed by atoms with E-state index in [-0.39, 0.29) is 5.82 Å². The largest absolute Gasteiger partial charge is 0.314 e. The van der Waals surface area contributed by atoms with Crippen LogP contribution in [0.15, 0.2) is 22.7 Å². The molecule has 1 aromatic rings. The molecule has 1 aliphatic rings. The summed E-state index contributed by atoms with van der Waals surface area (Å²) in [6.45, 7) is 5.63. The molecule has 3 heteroatoms. The maximum absolute atomic E-state index is 13.6. The first-order valence-electron chi connectivity index (χ1n) is 7.78. The minimum atomic E-state index is -0.149. The van der Waals surface area contributed by atoms with Gasteiger partial charge in [-0.3, -0.25) is 0 Å². The molecule has 0 aromatic heterocycles. The normalized spacial score (nSPS) is 26.7. The predicted octanol–water partition coefficient (Wildman–Crippen LogP) is 4.94. The highest BCUT2D eigenvalue weighted by Gasteiger charge is 2.28. The molecule has 2 rings (SSSR count). The van der Waals surface area contributed by atoms with E-state index in [1.54, 1.807) is 0 Å². The molecule has 3 atom stereocenters. The van der Waals surface area contributed by atoms with E-state index >= 15 is 0 Å². The van der Waals surface area contributed by atoms with Crippen molar-refractivity contribution in [2.24, 2.45) is 11.8 Å². The lowest BCUT2D eigenvalue weighted by molar-refractivity contribution is 0.212. The first-order valence-corrected chi connectivity index (χ1v) is 8.57. The van der Waals surface area contributed by atoms with Crippen LogP contribution >= 0.6 is 15.9 Å². The summed E-state index contributed by atoms with van der Waals surface area (Å²) in [5, 5.41) is 3.69. The van der Waals surface area contributed by atoms with Gasteiger partial charge < -0.3 is 5.32 Å². The molecule has 3 unspecified atom stereocenters. The second-order valence-electron chi connectivity index (χ2n) is 6.16. The van der Waals surface area contributed by atoms with Crippen LogP contribution in [0.5, 0.6) is 0 Å². The molecular weight excluding hydrogens is 317 g/mol. The summed E-state index contributed by atoms with van der Waals surface area (Å²) in [6.07, 6.45) is 5.93. The molecule has 20 heavy (non-hydrogen) atoms. The molecule has 1 nitrogen and oxygen atoms in total. The zero-order valence-corrected chi connectivity index (χ0v) is 14.0. The third-order valence-corrected chi connectivity index (χ3v) is 5.30. The zero-order chi connectivity index (χ0) is 14.5. The highest BCUT2D eigenvalue weighted by Crippen LogP contribution is 2.33. The summed E-state index contributed by atoms with van der Waals surface area (Å²) in [5.74, 6) is 1.25. The van der Waals surface area contributed by atoms with Crippen LogP contribution in [0.3, 0.4) is 0 Å². The summed E-state index contributed by atoms with van der Waals surface area (Å²) >= 11 is 3.40. The van der Waals surface area contributed by atoms with Gasteiger partial charge in [0.1, 0.15) is 5.82 Å². The first kappa shape index (κ1) is 16.0. The number of hydrogen-bond donors (Lipinski definition) is 1. The highest BCUT2D eigenvalue weighted by atomic mass is 79.9. The van der Waals surface area contributed by atoms with Gasteiger partial charge in [0, 0.05) is 6.04 Å². The minimum Gasteiger partial charge on any atom is -0.314 e. The van der Waals surface area contributed by atoms with Crippen molar-refractivity contribution in [3.8, 4) is 0 Å². The summed E-state index contributed by atoms with van der Waals surface area (Å²) in [7, 11) is 0. The van der Waals surface area contributed by atoms with Gasteiger partial charge in [-0.25, -0.2) is 4.39 Å². The Kier molecular flexibility index (Phi) is 6.03. The fourth-order valence-electron chi connectivity index (χ4n) is 3.31. The van der Waals surface area contributed by atoms with Gasteiger partial charge in [-0.15, -0.1) is 0 Å². The van der Waals surface area contributed by atoms with E-state index in [0.717, 1.165) is 24.4 Å². The Morgan fingerprint density at radius 1 is 1.35 bits per heavy atom. The van der Waals surface area contributed by atoms with Crippen LogP contribution in [0.25, 0.3) is 0 Å². The third kappa shape index (κ3) is 4.05. The van der Waals surface area contributed by atoms with Gasteiger partial charge in [0.15, 0.2) is 0 Å². The lowest BCUT2D eigenvalue weighted by Crippen LogP contribution is -2.41. The fraction of sp³-hybridized carbons (Fsp3) is 0.647. The highest BCUT2D eigenvalue weighted by molar-refractivity contribution is 9.10. The molecule has 1 aromatic carbocycles. The molecule has 1 N–H and O–H groups in total. The summed E-state index contributed by atoms with van der Waals surface area (Å²) in [4.78, 5) is 0. The van der Waals surface area contributed by atoms with Crippen molar-refractivity contribution in [3.05, 3.63) is 34.1 Å². The summed E-state index contributed by atoms with van der Waals surface area (Å²) < 4.78 is 14.3. The van der Waals surface area contributed by atoms with Crippen LogP contribution in [-0.4, -0.2) is 12.6 Å². The lowest BCUT2D eigenvalue weighted by Gasteiger charge is -2.36. The molecule has 0 heterocycles. The van der Waals surface area contributed by atoms with Crippen molar-refractivity contribution in [3.63, 3.8) is 0 Å². The first-order chi connectivity index (χ1) is 9.61. The van der Waals surface area contributed by atoms with Gasteiger partial charge in [-0.05, 0) is 78.0 Å². The van der Waals surface area contributed by atoms with Crippen LogP contribution in [0.2, 0.25) is 0 Å². The van der Waals surface area contributed by atoms with Gasteiger partial charge >= 0.3 is 0 Å². The number of halogens is 2. The van der Waals surface area contributed by atoms with E-state index in [1.807, 2.05) is 12.1 Å². The van der Waals surface area contributed by atoms with Gasteiger partial charge in [-0.2, -0.15) is 0 Å². The molecule has 0 spiro atoms. The van der Waals surface area contributed by atoms with E-state index in [2.05, 4.69) is 35.1 Å². The van der Waals surface area contributed by atoms with Crippen molar-refractivity contribution in [2.45, 2.75) is 52.0 Å². The molecule has 1 aliphatic carbocycles. The van der Waals surface area contributed by atoms with Crippen LogP contribution in [0.4, 0.5) is 4.39 Å². The average Bonchev–Trinajstić information content (AvgIpc) is 2.43. The maximum atomic E-state index is 13.6. The number of hydrogen-bond acceptors (Lipinski definition) is 1. The van der Waals surface area contributed by atoms with Gasteiger partial charge in [-0.1, -0.05) is 26.0 Å². The molecule has 1 saturated carbocycles. The van der Waals surface area contributed by atoms with Crippen LogP contribution in [0.1, 0.15) is 45.1 Å². The van der Waals surface area contributed by atoms with Gasteiger partial charge in [0.05, 0.1) is 4.47 Å². The molecule has 0 amide bonds. The lowest BCUT2D eigenvalue weighted by atomic mass is 9.76. The summed E-state index contributed by atoms with van der Waals surface area (Å²) in [5.41, 5.74) is 1.10. The van der Waals surface area contributed by atoms with Crippen molar-refractivity contribution in [1.82, 2.24) is 5.32 Å². The Balaban J connectivity index is 2.08. The van der Waals surface area contributed by atoms with Crippen molar-refractivity contribution in [2.75, 3.05) is 6.54 Å². The Labute approximate surface area is 130 Å². The molecule has 0 radical (unpaired) electrons. The second kappa shape index (κ2) is 7.56. The molecular formula is C17H25BrFN. The molecule has 112 valence electrons. The van der Waals surface area contributed by atoms with E-state index in [0.29, 0.717) is 16.4 Å². The maximum Gasteiger partial charge on any atom is 0.137 e. The average molecular weight is 342 g/mol. The van der Waals surface area contributed by atoms with E-state index in [9.17, 15) is 4.39 Å². The fourth-order valence-corrected chi connectivity index (χ4v) is 3.74. The minimum absolute atomic E-state index is 0.149. The van der Waals surface area contributed by atoms with Gasteiger partial charge in [0.25, 0.3) is 0 Å². The molecule has 1 fully saturated rings. The molecule has 0 saturated heterocycles. The van der Waals surface area contributed by atoms with Gasteiger partial charge in [0.2, 0.25) is 0 Å². The quantitative estimate of drug-likeness (QED) is 0.800. The monoisotopic (exact) mass is 341 g/mol. The SMILES string of the molecule is CCCNC1CCC(C)CC1Cc1cccc(F)c1Br. The standard InChI is InChI=1S/C17H25BrFN/c1-3-9-20-16-8-7-12(2)10-14(16)11-13-5-4-6-15(19)17(13)18/h4-6,12,14,16,20H,3,7-11H2,1-2H3. The topological polar surface area (TPSA) is 12.0 Å². The van der Waals surface area contributed by atoms with Crippen molar-refractivity contribution < 1.29 is 4.39 Å². The molecule has 0 bridgehead atoms.